The molecular formula is C30H42N8O2. The van der Waals surface area contributed by atoms with Crippen LogP contribution in [0.1, 0.15) is 79.8 Å². The summed E-state index contributed by atoms with van der Waals surface area (Å²) in [7, 11) is 1.98. The summed E-state index contributed by atoms with van der Waals surface area (Å²) in [4.78, 5) is 24.9. The van der Waals surface area contributed by atoms with E-state index < -0.39 is 0 Å². The van der Waals surface area contributed by atoms with Gasteiger partial charge in [0.05, 0.1) is 23.9 Å². The van der Waals surface area contributed by atoms with Crippen LogP contribution in [-0.4, -0.2) is 60.7 Å². The third kappa shape index (κ3) is 4.30. The van der Waals surface area contributed by atoms with Gasteiger partial charge in [-0.05, 0) is 77.6 Å². The van der Waals surface area contributed by atoms with E-state index in [9.17, 15) is 4.79 Å². The number of nitrogens with one attached hydrogen (secondary N) is 1. The maximum Gasteiger partial charge on any atom is 0.225 e. The number of nitrogens with zero attached hydrogens (tertiary/aromatic N) is 7. The van der Waals surface area contributed by atoms with Crippen molar-refractivity contribution < 1.29 is 9.53 Å². The molecule has 10 nitrogen and oxygen atoms in total. The summed E-state index contributed by atoms with van der Waals surface area (Å²) in [6.45, 7) is 10.2. The molecule has 0 radical (unpaired) electrons. The maximum absolute atomic E-state index is 13.0. The van der Waals surface area contributed by atoms with E-state index in [1.807, 2.05) is 25.6 Å². The van der Waals surface area contributed by atoms with Crippen LogP contribution in [0.4, 0.5) is 5.82 Å². The summed E-state index contributed by atoms with van der Waals surface area (Å²) in [5.74, 6) is 2.00. The number of rotatable bonds is 5. The molecule has 5 aliphatic rings. The van der Waals surface area contributed by atoms with E-state index in [0.29, 0.717) is 6.61 Å². The largest absolute Gasteiger partial charge is 0.381 e. The molecule has 1 saturated heterocycles. The molecule has 40 heavy (non-hydrogen) atoms. The fraction of sp³-hybridized carbons (Fsp3) is 0.700. The van der Waals surface area contributed by atoms with Crippen LogP contribution in [0.5, 0.6) is 0 Å². The highest BCUT2D eigenvalue weighted by molar-refractivity contribution is 5.88. The fourth-order valence-corrected chi connectivity index (χ4v) is 7.94. The number of amides is 1. The van der Waals surface area contributed by atoms with Crippen LogP contribution in [0, 0.1) is 32.1 Å². The fourth-order valence-electron chi connectivity index (χ4n) is 7.94. The van der Waals surface area contributed by atoms with Crippen LogP contribution in [0.2, 0.25) is 0 Å². The molecule has 3 aromatic heterocycles. The molecule has 1 N–H and O–H groups in total. The topological polar surface area (TPSA) is 103 Å². The molecule has 4 fully saturated rings. The van der Waals surface area contributed by atoms with Crippen molar-refractivity contribution in [3.05, 3.63) is 28.5 Å². The number of hydrogen-bond acceptors (Lipinski definition) is 7. The number of anilines is 1. The van der Waals surface area contributed by atoms with Gasteiger partial charge in [0.1, 0.15) is 16.9 Å². The number of aromatic nitrogens is 6. The van der Waals surface area contributed by atoms with Crippen molar-refractivity contribution in [1.82, 2.24) is 34.8 Å². The molecule has 10 heteroatoms. The number of hydrogen-bond donors (Lipinski definition) is 1. The second kappa shape index (κ2) is 9.53. The molecule has 0 spiro atoms. The van der Waals surface area contributed by atoms with Gasteiger partial charge in [-0.3, -0.25) is 14.2 Å². The van der Waals surface area contributed by atoms with E-state index in [1.54, 1.807) is 0 Å². The van der Waals surface area contributed by atoms with Crippen molar-refractivity contribution in [2.24, 2.45) is 18.4 Å². The van der Waals surface area contributed by atoms with Gasteiger partial charge in [-0.1, -0.05) is 0 Å². The zero-order valence-corrected chi connectivity index (χ0v) is 24.4. The molecule has 2 aliphatic heterocycles. The van der Waals surface area contributed by atoms with E-state index in [1.165, 1.54) is 11.3 Å². The molecule has 5 heterocycles. The van der Waals surface area contributed by atoms with Crippen molar-refractivity contribution in [2.75, 3.05) is 24.7 Å². The molecule has 3 saturated carbocycles. The van der Waals surface area contributed by atoms with Crippen LogP contribution in [0.3, 0.4) is 0 Å². The Kier molecular flexibility index (Phi) is 6.18. The Morgan fingerprint density at radius 2 is 1.82 bits per heavy atom. The number of carbonyl (C=O) groups is 1. The molecule has 1 amide bonds. The first-order valence-corrected chi connectivity index (χ1v) is 15.1. The van der Waals surface area contributed by atoms with E-state index in [-0.39, 0.29) is 22.8 Å². The zero-order chi connectivity index (χ0) is 27.6. The predicted molar refractivity (Wildman–Crippen MR) is 152 cm³/mol. The smallest absolute Gasteiger partial charge is 0.225 e. The summed E-state index contributed by atoms with van der Waals surface area (Å²) >= 11 is 0. The van der Waals surface area contributed by atoms with Gasteiger partial charge in [-0.15, -0.1) is 0 Å². The third-order valence-corrected chi connectivity index (χ3v) is 10.4. The summed E-state index contributed by atoms with van der Waals surface area (Å²) in [5, 5.41) is 13.2. The highest BCUT2D eigenvalue weighted by Crippen LogP contribution is 2.53. The summed E-state index contributed by atoms with van der Waals surface area (Å²) in [6.07, 6.45) is 9.62. The SMILES string of the molecule is Cc1nc(N2CCc3c(c(C)nn3CC34CCC(NC(=O)[C@H]5CCCOC5)(CC3)CC4)C2)c2c(n1)c(C)nn2C. The monoisotopic (exact) mass is 546 g/mol. The molecule has 214 valence electrons. The van der Waals surface area contributed by atoms with Crippen LogP contribution in [-0.2, 0) is 36.1 Å². The molecule has 0 aromatic carbocycles. The van der Waals surface area contributed by atoms with Gasteiger partial charge < -0.3 is 15.0 Å². The van der Waals surface area contributed by atoms with Crippen molar-refractivity contribution >= 4 is 22.8 Å². The first-order chi connectivity index (χ1) is 19.2. The first kappa shape index (κ1) is 25.9. The quantitative estimate of drug-likeness (QED) is 0.521. The van der Waals surface area contributed by atoms with Crippen LogP contribution in [0.15, 0.2) is 0 Å². The highest BCUT2D eigenvalue weighted by atomic mass is 16.5. The zero-order valence-electron chi connectivity index (χ0n) is 24.4. The van der Waals surface area contributed by atoms with Crippen LogP contribution < -0.4 is 10.2 Å². The van der Waals surface area contributed by atoms with Gasteiger partial charge in [-0.2, -0.15) is 10.2 Å². The molecule has 3 aliphatic carbocycles. The summed E-state index contributed by atoms with van der Waals surface area (Å²) in [5.41, 5.74) is 7.02. The van der Waals surface area contributed by atoms with Gasteiger partial charge in [0.15, 0.2) is 5.82 Å². The molecule has 3 aromatic rings. The Balaban J connectivity index is 1.07. The van der Waals surface area contributed by atoms with E-state index in [4.69, 9.17) is 14.8 Å². The predicted octanol–water partition coefficient (Wildman–Crippen LogP) is 3.68. The number of fused-ring (bicyclic) bond motifs is 5. The van der Waals surface area contributed by atoms with Crippen molar-refractivity contribution in [1.29, 1.82) is 0 Å². The minimum atomic E-state index is -0.0125. The second-order valence-corrected chi connectivity index (χ2v) is 13.0. The molecule has 0 unspecified atom stereocenters. The average molecular weight is 547 g/mol. The lowest BCUT2D eigenvalue weighted by Crippen LogP contribution is -2.58. The summed E-state index contributed by atoms with van der Waals surface area (Å²) < 4.78 is 9.84. The second-order valence-electron chi connectivity index (χ2n) is 13.0. The van der Waals surface area contributed by atoms with Crippen molar-refractivity contribution in [2.45, 2.75) is 97.2 Å². The van der Waals surface area contributed by atoms with Gasteiger partial charge in [0, 0.05) is 56.5 Å². The third-order valence-electron chi connectivity index (χ3n) is 10.4. The summed E-state index contributed by atoms with van der Waals surface area (Å²) in [6, 6.07) is 0. The van der Waals surface area contributed by atoms with Gasteiger partial charge in [0.25, 0.3) is 0 Å². The standard InChI is InChI=1S/C30H42N8O2/c1-19-23-16-37(27-26-25(31-21(3)32-27)20(2)34-36(26)4)14-7-24(23)38(35-19)18-29-8-11-30(12-9-29,13-10-29)33-28(39)22-6-5-15-40-17-22/h22H,5-18H2,1-4H3,(H,33,39)/t22-,29?,30?/m0/s1. The Hall–Kier alpha value is -3.01. The first-order valence-electron chi connectivity index (χ1n) is 15.1. The van der Waals surface area contributed by atoms with Gasteiger partial charge >= 0.3 is 0 Å². The molecule has 2 bridgehead atoms. The Bertz CT molecular complexity index is 1440. The average Bonchev–Trinajstić information content (AvgIpc) is 3.43. The Morgan fingerprint density at radius 3 is 2.55 bits per heavy atom. The van der Waals surface area contributed by atoms with Crippen LogP contribution in [0.25, 0.3) is 11.0 Å². The Labute approximate surface area is 235 Å². The normalized spacial score (nSPS) is 28.2. The van der Waals surface area contributed by atoms with E-state index in [2.05, 4.69) is 31.9 Å². The lowest BCUT2D eigenvalue weighted by atomic mass is 9.57. The maximum atomic E-state index is 13.0. The van der Waals surface area contributed by atoms with Gasteiger partial charge in [0.2, 0.25) is 5.91 Å². The number of ether oxygens (including phenoxy) is 1. The lowest BCUT2D eigenvalue weighted by Gasteiger charge is -2.54. The minimum absolute atomic E-state index is 0.0125. The number of aryl methyl sites for hydroxylation is 4. The van der Waals surface area contributed by atoms with Crippen molar-refractivity contribution in [3.8, 4) is 0 Å². The molecule has 8 rings (SSSR count). The van der Waals surface area contributed by atoms with E-state index >= 15 is 0 Å². The van der Waals surface area contributed by atoms with E-state index in [0.717, 1.165) is 118 Å². The minimum Gasteiger partial charge on any atom is -0.381 e. The number of carbonyl (C=O) groups excluding carboxylic acids is 1. The highest BCUT2D eigenvalue weighted by Gasteiger charge is 2.50. The molecular weight excluding hydrogens is 504 g/mol. The van der Waals surface area contributed by atoms with Gasteiger partial charge in [-0.25, -0.2) is 9.97 Å². The lowest BCUT2D eigenvalue weighted by molar-refractivity contribution is -0.133. The van der Waals surface area contributed by atoms with Crippen molar-refractivity contribution in [3.63, 3.8) is 0 Å². The van der Waals surface area contributed by atoms with Crippen LogP contribution >= 0.6 is 0 Å². The Morgan fingerprint density at radius 1 is 1.05 bits per heavy atom. The molecule has 1 atom stereocenters.